The first-order valence-corrected chi connectivity index (χ1v) is 8.42. The highest BCUT2D eigenvalue weighted by molar-refractivity contribution is 5.64. The van der Waals surface area contributed by atoms with E-state index in [1.165, 1.54) is 27.8 Å². The zero-order valence-corrected chi connectivity index (χ0v) is 13.3. The minimum atomic E-state index is -0.366. The molecule has 0 unspecified atom stereocenters. The quantitative estimate of drug-likeness (QED) is 0.659. The molecule has 0 N–H and O–H groups in total. The van der Waals surface area contributed by atoms with Crippen LogP contribution in [0.5, 0.6) is 0 Å². The number of ether oxygens (including phenoxy) is 2. The minimum Gasteiger partial charge on any atom is -0.348 e. The fraction of sp³-hybridized carbons (Fsp3) is 0.182. The van der Waals surface area contributed by atoms with Crippen molar-refractivity contribution >= 4 is 0 Å². The van der Waals surface area contributed by atoms with Crippen LogP contribution in [0.4, 0.5) is 0 Å². The number of rotatable bonds is 2. The molecule has 0 saturated carbocycles. The van der Waals surface area contributed by atoms with Crippen molar-refractivity contribution in [2.45, 2.75) is 18.3 Å². The fourth-order valence-corrected chi connectivity index (χ4v) is 3.94. The van der Waals surface area contributed by atoms with Crippen molar-refractivity contribution < 1.29 is 9.47 Å². The van der Waals surface area contributed by atoms with Crippen LogP contribution in [-0.2, 0) is 15.1 Å². The molecule has 0 spiro atoms. The summed E-state index contributed by atoms with van der Waals surface area (Å²) in [6.45, 7) is 0.722. The van der Waals surface area contributed by atoms with Crippen LogP contribution in [0.2, 0.25) is 0 Å². The molecular weight excluding hydrogens is 296 g/mol. The van der Waals surface area contributed by atoms with Crippen LogP contribution in [-0.4, -0.2) is 6.61 Å². The van der Waals surface area contributed by atoms with Gasteiger partial charge < -0.3 is 9.47 Å². The Kier molecular flexibility index (Phi) is 3.09. The molecule has 2 aliphatic rings. The smallest absolute Gasteiger partial charge is 0.185 e. The van der Waals surface area contributed by atoms with E-state index in [4.69, 9.17) is 9.47 Å². The molecule has 2 bridgehead atoms. The lowest BCUT2D eigenvalue weighted by atomic mass is 9.83. The second-order valence-corrected chi connectivity index (χ2v) is 6.43. The SMILES string of the molecule is c1ccc(-c2ccc([C@@]34CCO[C@@H](O3)c3ccccc34)cc2)cc1. The van der Waals surface area contributed by atoms with Crippen LogP contribution in [0, 0.1) is 0 Å². The van der Waals surface area contributed by atoms with E-state index in [2.05, 4.69) is 72.8 Å². The van der Waals surface area contributed by atoms with Gasteiger partial charge in [0.25, 0.3) is 0 Å². The maximum atomic E-state index is 6.36. The van der Waals surface area contributed by atoms with E-state index in [9.17, 15) is 0 Å². The van der Waals surface area contributed by atoms with Gasteiger partial charge in [-0.2, -0.15) is 0 Å². The zero-order valence-electron chi connectivity index (χ0n) is 13.3. The molecule has 2 nitrogen and oxygen atoms in total. The first kappa shape index (κ1) is 14.0. The predicted molar refractivity (Wildman–Crippen MR) is 93.5 cm³/mol. The monoisotopic (exact) mass is 314 g/mol. The summed E-state index contributed by atoms with van der Waals surface area (Å²) in [5.41, 5.74) is 5.72. The Bertz CT molecular complexity index is 870. The predicted octanol–water partition coefficient (Wildman–Crippen LogP) is 5.05. The van der Waals surface area contributed by atoms with Crippen LogP contribution in [0.15, 0.2) is 78.9 Å². The Balaban J connectivity index is 1.59. The lowest BCUT2D eigenvalue weighted by Gasteiger charge is -2.34. The van der Waals surface area contributed by atoms with E-state index >= 15 is 0 Å². The zero-order chi connectivity index (χ0) is 16.0. The third-order valence-corrected chi connectivity index (χ3v) is 5.14. The van der Waals surface area contributed by atoms with Crippen molar-refractivity contribution in [1.82, 2.24) is 0 Å². The van der Waals surface area contributed by atoms with E-state index in [0.717, 1.165) is 13.0 Å². The summed E-state index contributed by atoms with van der Waals surface area (Å²) >= 11 is 0. The molecule has 1 saturated heterocycles. The lowest BCUT2D eigenvalue weighted by molar-refractivity contribution is -0.232. The van der Waals surface area contributed by atoms with Crippen LogP contribution in [0.1, 0.15) is 29.4 Å². The van der Waals surface area contributed by atoms with Gasteiger partial charge in [0.15, 0.2) is 6.29 Å². The molecule has 0 radical (unpaired) electrons. The molecule has 2 atom stereocenters. The molecule has 3 aromatic carbocycles. The Morgan fingerprint density at radius 2 is 1.46 bits per heavy atom. The van der Waals surface area contributed by atoms with Gasteiger partial charge in [0.2, 0.25) is 0 Å². The normalized spacial score (nSPS) is 24.6. The molecule has 1 fully saturated rings. The van der Waals surface area contributed by atoms with Crippen molar-refractivity contribution in [1.29, 1.82) is 0 Å². The molecule has 5 rings (SSSR count). The van der Waals surface area contributed by atoms with E-state index in [0.29, 0.717) is 0 Å². The lowest BCUT2D eigenvalue weighted by Crippen LogP contribution is -2.32. The van der Waals surface area contributed by atoms with E-state index in [1.54, 1.807) is 0 Å². The Hall–Kier alpha value is -2.42. The number of hydrogen-bond donors (Lipinski definition) is 0. The summed E-state index contributed by atoms with van der Waals surface area (Å²) in [6, 6.07) is 27.7. The molecule has 3 aromatic rings. The van der Waals surface area contributed by atoms with Gasteiger partial charge in [-0.3, -0.25) is 0 Å². The third kappa shape index (κ3) is 1.97. The van der Waals surface area contributed by atoms with Gasteiger partial charge in [0, 0.05) is 12.0 Å². The topological polar surface area (TPSA) is 18.5 Å². The highest BCUT2D eigenvalue weighted by Gasteiger charge is 2.49. The summed E-state index contributed by atoms with van der Waals surface area (Å²) in [7, 11) is 0. The Labute approximate surface area is 141 Å². The van der Waals surface area contributed by atoms with Crippen molar-refractivity contribution in [3.63, 3.8) is 0 Å². The standard InChI is InChI=1S/C22H18O2/c1-2-6-16(7-3-1)17-10-12-18(13-11-17)22-14-15-23-21(24-22)19-8-4-5-9-20(19)22/h1-13,21H,14-15H2/t21-,22+/m0/s1. The molecule has 2 heteroatoms. The van der Waals surface area contributed by atoms with Crippen molar-refractivity contribution in [3.8, 4) is 11.1 Å². The molecule has 2 aliphatic heterocycles. The minimum absolute atomic E-state index is 0.233. The highest BCUT2D eigenvalue weighted by atomic mass is 16.7. The average Bonchev–Trinajstić information content (AvgIpc) is 2.91. The molecule has 2 heterocycles. The molecule has 0 aliphatic carbocycles. The van der Waals surface area contributed by atoms with Gasteiger partial charge in [-0.15, -0.1) is 0 Å². The van der Waals surface area contributed by atoms with Crippen LogP contribution in [0.25, 0.3) is 11.1 Å². The molecule has 0 aromatic heterocycles. The van der Waals surface area contributed by atoms with Crippen molar-refractivity contribution in [2.75, 3.05) is 6.61 Å². The fourth-order valence-electron chi connectivity index (χ4n) is 3.94. The molecule has 0 amide bonds. The summed E-state index contributed by atoms with van der Waals surface area (Å²) in [4.78, 5) is 0. The average molecular weight is 314 g/mol. The van der Waals surface area contributed by atoms with Gasteiger partial charge in [-0.25, -0.2) is 0 Å². The van der Waals surface area contributed by atoms with Crippen LogP contribution >= 0.6 is 0 Å². The van der Waals surface area contributed by atoms with Crippen molar-refractivity contribution in [2.24, 2.45) is 0 Å². The maximum Gasteiger partial charge on any atom is 0.185 e. The molecule has 118 valence electrons. The maximum absolute atomic E-state index is 6.36. The first-order chi connectivity index (χ1) is 11.9. The summed E-state index contributed by atoms with van der Waals surface area (Å²) in [5.74, 6) is 0. The highest BCUT2D eigenvalue weighted by Crippen LogP contribution is 2.52. The number of benzene rings is 3. The Morgan fingerprint density at radius 1 is 0.750 bits per heavy atom. The second-order valence-electron chi connectivity index (χ2n) is 6.43. The van der Waals surface area contributed by atoms with Gasteiger partial charge >= 0.3 is 0 Å². The Morgan fingerprint density at radius 3 is 2.29 bits per heavy atom. The second kappa shape index (κ2) is 5.30. The first-order valence-electron chi connectivity index (χ1n) is 8.42. The molecular formula is C22H18O2. The largest absolute Gasteiger partial charge is 0.348 e. The number of fused-ring (bicyclic) bond motifs is 5. The van der Waals surface area contributed by atoms with Crippen molar-refractivity contribution in [3.05, 3.63) is 95.6 Å². The summed E-state index contributed by atoms with van der Waals surface area (Å²) in [5, 5.41) is 0. The number of hydrogen-bond acceptors (Lipinski definition) is 2. The third-order valence-electron chi connectivity index (χ3n) is 5.14. The van der Waals surface area contributed by atoms with Crippen LogP contribution in [0.3, 0.4) is 0 Å². The van der Waals surface area contributed by atoms with Gasteiger partial charge in [-0.05, 0) is 22.3 Å². The molecule has 24 heavy (non-hydrogen) atoms. The van der Waals surface area contributed by atoms with Crippen LogP contribution < -0.4 is 0 Å². The van der Waals surface area contributed by atoms with E-state index in [1.807, 2.05) is 6.07 Å². The van der Waals surface area contributed by atoms with E-state index in [-0.39, 0.29) is 11.9 Å². The summed E-state index contributed by atoms with van der Waals surface area (Å²) in [6.07, 6.45) is 0.620. The van der Waals surface area contributed by atoms with E-state index < -0.39 is 0 Å². The van der Waals surface area contributed by atoms with Gasteiger partial charge in [0.1, 0.15) is 5.60 Å². The van der Waals surface area contributed by atoms with Gasteiger partial charge in [0.05, 0.1) is 6.61 Å². The van der Waals surface area contributed by atoms with Gasteiger partial charge in [-0.1, -0.05) is 78.9 Å². The summed E-state index contributed by atoms with van der Waals surface area (Å²) < 4.78 is 12.2.